The van der Waals surface area contributed by atoms with E-state index < -0.39 is 24.3 Å². The predicted octanol–water partition coefficient (Wildman–Crippen LogP) is 5.94. The van der Waals surface area contributed by atoms with Crippen LogP contribution in [0, 0.1) is 0 Å². The van der Waals surface area contributed by atoms with E-state index in [1.165, 1.54) is 56.0 Å². The van der Waals surface area contributed by atoms with Crippen molar-refractivity contribution in [1.82, 2.24) is 4.90 Å². The van der Waals surface area contributed by atoms with E-state index in [2.05, 4.69) is 4.74 Å². The van der Waals surface area contributed by atoms with Crippen molar-refractivity contribution in [3.8, 4) is 5.75 Å². The summed E-state index contributed by atoms with van der Waals surface area (Å²) in [4.78, 5) is 28.6. The Morgan fingerprint density at radius 1 is 0.951 bits per heavy atom. The lowest BCUT2D eigenvalue weighted by Crippen LogP contribution is -2.26. The Kier molecular flexibility index (Phi) is 9.31. The molecule has 214 valence electrons. The van der Waals surface area contributed by atoms with Gasteiger partial charge in [0.25, 0.3) is 0 Å². The second-order valence-electron chi connectivity index (χ2n) is 8.89. The van der Waals surface area contributed by atoms with Crippen LogP contribution in [0.5, 0.6) is 5.75 Å². The van der Waals surface area contributed by atoms with Gasteiger partial charge in [0.05, 0.1) is 38.0 Å². The molecule has 0 amide bonds. The van der Waals surface area contributed by atoms with Crippen LogP contribution in [0.2, 0.25) is 0 Å². The maximum absolute atomic E-state index is 13.0. The van der Waals surface area contributed by atoms with Gasteiger partial charge >= 0.3 is 18.3 Å². The second-order valence-corrected chi connectivity index (χ2v) is 9.87. The minimum Gasteiger partial charge on any atom is -0.465 e. The molecule has 3 aromatic rings. The second kappa shape index (κ2) is 12.9. The quantitative estimate of drug-likeness (QED) is 0.328. The molecule has 0 aliphatic carbocycles. The Bertz CT molecular complexity index is 1480. The van der Waals surface area contributed by atoms with Gasteiger partial charge in [-0.1, -0.05) is 42.5 Å². The maximum atomic E-state index is 13.0. The van der Waals surface area contributed by atoms with E-state index in [4.69, 9.17) is 9.47 Å². The molecule has 41 heavy (non-hydrogen) atoms. The lowest BCUT2D eigenvalue weighted by molar-refractivity contribution is -0.274. The molecular weight excluding hydrogens is 559 g/mol. The Morgan fingerprint density at radius 3 is 2.27 bits per heavy atom. The molecule has 1 aliphatic heterocycles. The number of nitrogens with zero attached hydrogens (tertiary/aromatic N) is 1. The molecule has 7 nitrogen and oxygen atoms in total. The molecule has 1 atom stereocenters. The summed E-state index contributed by atoms with van der Waals surface area (Å²) in [5.41, 5.74) is 2.24. The Labute approximate surface area is 238 Å². The number of hydrogen-bond donors (Lipinski definition) is 1. The molecule has 0 radical (unpaired) electrons. The third kappa shape index (κ3) is 7.44. The van der Waals surface area contributed by atoms with Crippen LogP contribution in [0.3, 0.4) is 0 Å². The van der Waals surface area contributed by atoms with E-state index in [0.717, 1.165) is 4.88 Å². The van der Waals surface area contributed by atoms with Crippen LogP contribution in [0.15, 0.2) is 95.5 Å². The van der Waals surface area contributed by atoms with E-state index in [1.54, 1.807) is 35.2 Å². The number of rotatable bonds is 8. The molecule has 0 bridgehead atoms. The first-order valence-electron chi connectivity index (χ1n) is 12.3. The maximum Gasteiger partial charge on any atom is 0.573 e. The van der Waals surface area contributed by atoms with Crippen molar-refractivity contribution >= 4 is 28.8 Å². The van der Waals surface area contributed by atoms with Crippen LogP contribution in [0.25, 0.3) is 5.57 Å². The lowest BCUT2D eigenvalue weighted by Gasteiger charge is -2.31. The van der Waals surface area contributed by atoms with E-state index >= 15 is 0 Å². The molecule has 1 N–H and O–H groups in total. The third-order valence-electron chi connectivity index (χ3n) is 6.19. The van der Waals surface area contributed by atoms with Gasteiger partial charge < -0.3 is 24.2 Å². The molecule has 0 spiro atoms. The fourth-order valence-corrected chi connectivity index (χ4v) is 5.11. The Morgan fingerprint density at radius 2 is 1.66 bits per heavy atom. The standard InChI is InChI=1S/C30H26F3NO6S/c1-38-28(36)24-14-22(21-10-8-19(18-35)9-11-21)15-26(27-7-4-12-41-27)34(17-25(24)29(37)39-2)16-20-5-3-6-23(13-20)40-30(31,32)33/h3-15,17,26,35H,16,18H2,1-2H3/b22-15+,24-14+,25-17+. The Balaban J connectivity index is 1.92. The van der Waals surface area contributed by atoms with Crippen LogP contribution in [0.1, 0.15) is 27.6 Å². The number of alkyl halides is 3. The third-order valence-corrected chi connectivity index (χ3v) is 7.13. The SMILES string of the molecule is COC(=O)C1=C/C(c2ccc(CO)cc2)=C\C(c2cccs2)N(Cc2cccc(OC(F)(F)F)c2)/C=C\1C(=O)OC. The van der Waals surface area contributed by atoms with Gasteiger partial charge in [0, 0.05) is 17.6 Å². The van der Waals surface area contributed by atoms with Crippen molar-refractivity contribution in [3.63, 3.8) is 0 Å². The van der Waals surface area contributed by atoms with Crippen molar-refractivity contribution in [1.29, 1.82) is 0 Å². The zero-order chi connectivity index (χ0) is 29.6. The van der Waals surface area contributed by atoms with Crippen LogP contribution < -0.4 is 4.74 Å². The minimum absolute atomic E-state index is 0.0415. The van der Waals surface area contributed by atoms with Gasteiger partial charge in [-0.05, 0) is 58.0 Å². The number of aliphatic hydroxyl groups is 1. The summed E-state index contributed by atoms with van der Waals surface area (Å²) in [7, 11) is 2.37. The molecule has 11 heteroatoms. The van der Waals surface area contributed by atoms with E-state index in [1.807, 2.05) is 23.6 Å². The molecule has 1 aliphatic rings. The molecular formula is C30H26F3NO6S. The molecule has 2 heterocycles. The number of hydrogen-bond acceptors (Lipinski definition) is 8. The van der Waals surface area contributed by atoms with Crippen molar-refractivity contribution in [2.75, 3.05) is 14.2 Å². The average molecular weight is 586 g/mol. The van der Waals surface area contributed by atoms with Gasteiger partial charge in [-0.25, -0.2) is 9.59 Å². The molecule has 1 aromatic heterocycles. The average Bonchev–Trinajstić information content (AvgIpc) is 3.48. The van der Waals surface area contributed by atoms with Crippen molar-refractivity contribution in [2.45, 2.75) is 25.6 Å². The smallest absolute Gasteiger partial charge is 0.465 e. The number of ether oxygens (including phenoxy) is 3. The highest BCUT2D eigenvalue weighted by atomic mass is 32.1. The minimum atomic E-state index is -4.86. The van der Waals surface area contributed by atoms with Gasteiger partial charge in [-0.15, -0.1) is 24.5 Å². The monoisotopic (exact) mass is 585 g/mol. The first-order valence-corrected chi connectivity index (χ1v) is 13.2. The topological polar surface area (TPSA) is 85.3 Å². The van der Waals surface area contributed by atoms with Crippen molar-refractivity contribution in [2.24, 2.45) is 0 Å². The van der Waals surface area contributed by atoms with Gasteiger partial charge in [-0.2, -0.15) is 0 Å². The number of esters is 2. The first-order chi connectivity index (χ1) is 19.6. The van der Waals surface area contributed by atoms with Gasteiger partial charge in [-0.3, -0.25) is 0 Å². The zero-order valence-electron chi connectivity index (χ0n) is 22.1. The van der Waals surface area contributed by atoms with Crippen molar-refractivity contribution < 1.29 is 42.1 Å². The van der Waals surface area contributed by atoms with E-state index in [-0.39, 0.29) is 30.0 Å². The summed E-state index contributed by atoms with van der Waals surface area (Å²) in [5.74, 6) is -1.97. The van der Waals surface area contributed by atoms with Gasteiger partial charge in [0.1, 0.15) is 5.75 Å². The molecule has 2 aromatic carbocycles. The summed E-state index contributed by atoms with van der Waals surface area (Å²) >= 11 is 1.45. The number of allylic oxidation sites excluding steroid dienone is 2. The van der Waals surface area contributed by atoms with Gasteiger partial charge in [0.2, 0.25) is 0 Å². The van der Waals surface area contributed by atoms with Crippen LogP contribution in [-0.2, 0) is 32.2 Å². The summed E-state index contributed by atoms with van der Waals surface area (Å²) in [5, 5.41) is 11.4. The number of methoxy groups -OCH3 is 2. The summed E-state index contributed by atoms with van der Waals surface area (Å²) in [6, 6.07) is 15.8. The molecule has 0 saturated heterocycles. The summed E-state index contributed by atoms with van der Waals surface area (Å²) < 4.78 is 52.8. The number of carbonyl (C=O) groups is 2. The van der Waals surface area contributed by atoms with Crippen LogP contribution >= 0.6 is 11.3 Å². The number of benzene rings is 2. The molecule has 0 fully saturated rings. The number of carbonyl (C=O) groups excluding carboxylic acids is 2. The number of aliphatic hydroxyl groups excluding tert-OH is 1. The number of halogens is 3. The highest BCUT2D eigenvalue weighted by Gasteiger charge is 2.32. The fourth-order valence-electron chi connectivity index (χ4n) is 4.30. The normalized spacial score (nSPS) is 19.4. The number of thiophene rings is 1. The highest BCUT2D eigenvalue weighted by Crippen LogP contribution is 2.36. The zero-order valence-corrected chi connectivity index (χ0v) is 22.9. The fraction of sp³-hybridized carbons (Fsp3) is 0.200. The van der Waals surface area contributed by atoms with Crippen molar-refractivity contribution in [3.05, 3.63) is 117 Å². The van der Waals surface area contributed by atoms with E-state index in [0.29, 0.717) is 22.3 Å². The predicted molar refractivity (Wildman–Crippen MR) is 146 cm³/mol. The largest absolute Gasteiger partial charge is 0.573 e. The van der Waals surface area contributed by atoms with E-state index in [9.17, 15) is 27.9 Å². The molecule has 1 unspecified atom stereocenters. The van der Waals surface area contributed by atoms with Gasteiger partial charge in [0.15, 0.2) is 0 Å². The molecule has 0 saturated carbocycles. The first kappa shape index (κ1) is 29.6. The molecule has 4 rings (SSSR count). The summed E-state index contributed by atoms with van der Waals surface area (Å²) in [6.07, 6.45) is 0.0278. The highest BCUT2D eigenvalue weighted by molar-refractivity contribution is 7.10. The summed E-state index contributed by atoms with van der Waals surface area (Å²) in [6.45, 7) is -0.111. The van der Waals surface area contributed by atoms with Crippen LogP contribution in [-0.4, -0.2) is 42.5 Å². The Hall–Kier alpha value is -4.35. The lowest BCUT2D eigenvalue weighted by atomic mass is 9.94. The van der Waals surface area contributed by atoms with Crippen LogP contribution in [0.4, 0.5) is 13.2 Å².